The summed E-state index contributed by atoms with van der Waals surface area (Å²) in [6, 6.07) is 3.97. The van der Waals surface area contributed by atoms with Gasteiger partial charge in [-0.2, -0.15) is 0 Å². The number of pyridine rings is 1. The Labute approximate surface area is 67.4 Å². The van der Waals surface area contributed by atoms with Gasteiger partial charge in [0.25, 0.3) is 0 Å². The molecule has 0 atom stereocenters. The van der Waals surface area contributed by atoms with Gasteiger partial charge in [-0.1, -0.05) is 0 Å². The summed E-state index contributed by atoms with van der Waals surface area (Å²) in [6.07, 6.45) is 3.59. The summed E-state index contributed by atoms with van der Waals surface area (Å²) in [5, 5.41) is 0. The zero-order chi connectivity index (χ0) is 5.11. The summed E-state index contributed by atoms with van der Waals surface area (Å²) < 4.78 is 1.29. The van der Waals surface area contributed by atoms with Gasteiger partial charge in [0.15, 0.2) is 0 Å². The Hall–Kier alpha value is 0.206. The topological polar surface area (TPSA) is 12.9 Å². The van der Waals surface area contributed by atoms with Crippen LogP contribution in [0.2, 0.25) is 0 Å². The average molecular weight is 138 g/mol. The number of hydrogen-bond acceptors (Lipinski definition) is 1. The molecule has 0 fully saturated rings. The van der Waals surface area contributed by atoms with Gasteiger partial charge in [0.2, 0.25) is 0 Å². The molecule has 1 heterocycles. The maximum atomic E-state index is 3.85. The molecule has 0 aliphatic rings. The number of aromatic nitrogens is 1. The van der Waals surface area contributed by atoms with Crippen LogP contribution in [0.1, 0.15) is 0 Å². The van der Waals surface area contributed by atoms with Gasteiger partial charge < -0.3 is 12.4 Å². The van der Waals surface area contributed by atoms with Gasteiger partial charge in [-0.3, -0.25) is 0 Å². The number of rotatable bonds is 0. The van der Waals surface area contributed by atoms with Crippen molar-refractivity contribution in [3.63, 3.8) is 0 Å². The predicted octanol–water partition coefficient (Wildman–Crippen LogP) is -3.12. The number of nitrogens with zero attached hydrogens (tertiary/aromatic N) is 1. The minimum atomic E-state index is 0. The van der Waals surface area contributed by atoms with Crippen LogP contribution in [0, 0.1) is 0 Å². The third-order valence-electron chi connectivity index (χ3n) is 0.749. The number of halogens is 1. The fourth-order valence-electron chi connectivity index (χ4n) is 0.383. The molecule has 0 N–H and O–H groups in total. The third-order valence-corrected chi connectivity index (χ3v) is 1.22. The molecule has 0 aromatic carbocycles. The first-order valence-electron chi connectivity index (χ1n) is 2.11. The van der Waals surface area contributed by atoms with Crippen molar-refractivity contribution in [2.75, 3.05) is 0 Å². The van der Waals surface area contributed by atoms with Crippen LogP contribution < -0.4 is 16.1 Å². The van der Waals surface area contributed by atoms with Gasteiger partial charge in [0, 0.05) is 0 Å². The van der Waals surface area contributed by atoms with Gasteiger partial charge in [0.05, 0.1) is 0 Å². The third kappa shape index (κ3) is 2.50. The van der Waals surface area contributed by atoms with Gasteiger partial charge in [0.1, 0.15) is 0 Å². The molecular weight excluding hydrogens is 134 g/mol. The fraction of sp³-hybridized carbons (Fsp3) is 0. The van der Waals surface area contributed by atoms with Crippen molar-refractivity contribution in [3.8, 4) is 0 Å². The molecule has 3 heteroatoms. The first-order chi connectivity index (χ1) is 3.39. The maximum absolute atomic E-state index is 3.85. The normalized spacial score (nSPS) is 7.75. The van der Waals surface area contributed by atoms with E-state index in [0.29, 0.717) is 0 Å². The molecule has 0 radical (unpaired) electrons. The van der Waals surface area contributed by atoms with Gasteiger partial charge in [-0.15, -0.1) is 0 Å². The summed E-state index contributed by atoms with van der Waals surface area (Å²) in [6.45, 7) is 0. The standard InChI is InChI=1S/C5H4N.ClH.Mg/c1-2-4-6-5-3-1;;/h2-5H;1H;/q;;+1/p-1. The molecule has 38 valence electrons. The number of hydrogen-bond donors (Lipinski definition) is 0. The van der Waals surface area contributed by atoms with Crippen molar-refractivity contribution >= 4 is 25.4 Å². The van der Waals surface area contributed by atoms with E-state index in [1.165, 1.54) is 3.69 Å². The Morgan fingerprint density at radius 2 is 1.75 bits per heavy atom. The molecule has 1 aromatic rings. The predicted molar refractivity (Wildman–Crippen MR) is 29.6 cm³/mol. The first-order valence-corrected chi connectivity index (χ1v) is 2.82. The first kappa shape index (κ1) is 8.21. The summed E-state index contributed by atoms with van der Waals surface area (Å²) in [4.78, 5) is 3.85. The van der Waals surface area contributed by atoms with Crippen molar-refractivity contribution in [1.82, 2.24) is 4.98 Å². The summed E-state index contributed by atoms with van der Waals surface area (Å²) in [7, 11) is 0. The van der Waals surface area contributed by atoms with Crippen LogP contribution in [0.25, 0.3) is 0 Å². The van der Waals surface area contributed by atoms with E-state index < -0.39 is 0 Å². The van der Waals surface area contributed by atoms with Crippen LogP contribution in [-0.2, 0) is 0 Å². The molecule has 0 bridgehead atoms. The zero-order valence-corrected chi connectivity index (χ0v) is 6.51. The molecule has 0 aliphatic heterocycles. The molecule has 0 saturated heterocycles. The Morgan fingerprint density at radius 3 is 2.00 bits per heavy atom. The Kier molecular flexibility index (Phi) is 4.23. The molecule has 0 spiro atoms. The molecule has 0 saturated carbocycles. The van der Waals surface area contributed by atoms with Crippen molar-refractivity contribution in [2.24, 2.45) is 0 Å². The van der Waals surface area contributed by atoms with E-state index in [9.17, 15) is 0 Å². The summed E-state index contributed by atoms with van der Waals surface area (Å²) in [5.41, 5.74) is 0. The van der Waals surface area contributed by atoms with Gasteiger partial charge >= 0.3 is 54.9 Å². The van der Waals surface area contributed by atoms with E-state index in [2.05, 4.69) is 4.98 Å². The fourth-order valence-corrected chi connectivity index (χ4v) is 0.594. The van der Waals surface area contributed by atoms with Crippen LogP contribution in [0.3, 0.4) is 0 Å². The van der Waals surface area contributed by atoms with Crippen LogP contribution in [0.15, 0.2) is 24.5 Å². The molecular formula is C5H4ClMgN. The van der Waals surface area contributed by atoms with Crippen molar-refractivity contribution < 1.29 is 12.4 Å². The van der Waals surface area contributed by atoms with E-state index in [0.717, 1.165) is 0 Å². The van der Waals surface area contributed by atoms with E-state index >= 15 is 0 Å². The second-order valence-electron chi connectivity index (χ2n) is 1.36. The van der Waals surface area contributed by atoms with E-state index in [1.807, 2.05) is 33.8 Å². The van der Waals surface area contributed by atoms with Crippen molar-refractivity contribution in [2.45, 2.75) is 0 Å². The summed E-state index contributed by atoms with van der Waals surface area (Å²) >= 11 is 1.86. The molecule has 1 rings (SSSR count). The summed E-state index contributed by atoms with van der Waals surface area (Å²) in [5.74, 6) is 0. The van der Waals surface area contributed by atoms with E-state index in [4.69, 9.17) is 0 Å². The van der Waals surface area contributed by atoms with E-state index in [-0.39, 0.29) is 12.4 Å². The van der Waals surface area contributed by atoms with Crippen molar-refractivity contribution in [3.05, 3.63) is 24.5 Å². The molecule has 1 nitrogen and oxygen atoms in total. The quantitative estimate of drug-likeness (QED) is 0.345. The average Bonchev–Trinajstić information content (AvgIpc) is 1.69. The molecule has 1 aromatic heterocycles. The molecule has 0 aliphatic carbocycles. The SMILES string of the molecule is [Cl-].[Mg+][c]1ccncc1. The molecule has 0 unspecified atom stereocenters. The van der Waals surface area contributed by atoms with Gasteiger partial charge in [-0.25, -0.2) is 0 Å². The van der Waals surface area contributed by atoms with Crippen LogP contribution in [0.5, 0.6) is 0 Å². The Bertz CT molecular complexity index is 142. The second-order valence-corrected chi connectivity index (χ2v) is 2.17. The monoisotopic (exact) mass is 137 g/mol. The molecule has 0 amide bonds. The van der Waals surface area contributed by atoms with E-state index in [1.54, 1.807) is 12.4 Å². The van der Waals surface area contributed by atoms with Crippen LogP contribution in [0.4, 0.5) is 0 Å². The minimum absolute atomic E-state index is 0. The van der Waals surface area contributed by atoms with Crippen molar-refractivity contribution in [1.29, 1.82) is 0 Å². The molecule has 8 heavy (non-hydrogen) atoms. The van der Waals surface area contributed by atoms with Gasteiger partial charge in [-0.05, 0) is 0 Å². The Morgan fingerprint density at radius 1 is 1.25 bits per heavy atom. The Balaban J connectivity index is 0.000000490. The van der Waals surface area contributed by atoms with Crippen LogP contribution in [-0.4, -0.2) is 26.7 Å². The van der Waals surface area contributed by atoms with Crippen LogP contribution >= 0.6 is 0 Å². The zero-order valence-electron chi connectivity index (χ0n) is 4.34. The second kappa shape index (κ2) is 4.12.